The smallest absolute Gasteiger partial charge is 0.306 e. The number of nitrogens with zero attached hydrogens (tertiary/aromatic N) is 1. The van der Waals surface area contributed by atoms with Crippen LogP contribution in [0.4, 0.5) is 5.69 Å². The van der Waals surface area contributed by atoms with Gasteiger partial charge in [-0.3, -0.25) is 14.3 Å². The predicted octanol–water partition coefficient (Wildman–Crippen LogP) is 1.12. The monoisotopic (exact) mass is 329 g/mol. The molecule has 114 valence electrons. The van der Waals surface area contributed by atoms with Crippen molar-refractivity contribution in [2.24, 2.45) is 0 Å². The van der Waals surface area contributed by atoms with E-state index in [1.807, 2.05) is 6.92 Å². The van der Waals surface area contributed by atoms with Crippen molar-refractivity contribution in [3.8, 4) is 0 Å². The fourth-order valence-electron chi connectivity index (χ4n) is 1.86. The summed E-state index contributed by atoms with van der Waals surface area (Å²) in [4.78, 5) is 24.8. The van der Waals surface area contributed by atoms with Crippen LogP contribution in [0, 0.1) is 6.92 Å². The molecule has 0 aromatic carbocycles. The molecule has 7 nitrogen and oxygen atoms in total. The molecule has 2 rings (SSSR count). The van der Waals surface area contributed by atoms with E-state index in [1.165, 1.54) is 29.8 Å². The molecule has 0 saturated heterocycles. The molecule has 2 heterocycles. The molecule has 21 heavy (non-hydrogen) atoms. The van der Waals surface area contributed by atoms with Gasteiger partial charge in [0.05, 0.1) is 5.69 Å². The number of thiazole rings is 1. The average molecular weight is 329 g/mol. The van der Waals surface area contributed by atoms with E-state index in [0.29, 0.717) is 23.6 Å². The van der Waals surface area contributed by atoms with Gasteiger partial charge in [0.25, 0.3) is 15.6 Å². The quantitative estimate of drug-likeness (QED) is 0.858. The van der Waals surface area contributed by atoms with E-state index in [2.05, 4.69) is 9.71 Å². The predicted molar refractivity (Wildman–Crippen MR) is 81.5 cm³/mol. The summed E-state index contributed by atoms with van der Waals surface area (Å²) >= 11 is 0.628. The van der Waals surface area contributed by atoms with Crippen molar-refractivity contribution in [3.63, 3.8) is 0 Å². The van der Waals surface area contributed by atoms with Crippen LogP contribution < -0.4 is 15.2 Å². The van der Waals surface area contributed by atoms with Gasteiger partial charge in [-0.15, -0.1) is 0 Å². The van der Waals surface area contributed by atoms with E-state index in [4.69, 9.17) is 0 Å². The van der Waals surface area contributed by atoms with Crippen LogP contribution in [0.15, 0.2) is 32.1 Å². The molecule has 2 aromatic rings. The number of pyridine rings is 1. The lowest BCUT2D eigenvalue weighted by molar-refractivity contribution is 0.602. The molecule has 0 fully saturated rings. The number of anilines is 1. The minimum atomic E-state index is -3.85. The first kappa shape index (κ1) is 15.5. The van der Waals surface area contributed by atoms with E-state index in [1.54, 1.807) is 0 Å². The summed E-state index contributed by atoms with van der Waals surface area (Å²) in [6.07, 6.45) is 2.21. The van der Waals surface area contributed by atoms with Crippen LogP contribution in [0.5, 0.6) is 0 Å². The number of hydrogen-bond acceptors (Lipinski definition) is 5. The third kappa shape index (κ3) is 3.42. The van der Waals surface area contributed by atoms with Crippen molar-refractivity contribution in [3.05, 3.63) is 44.0 Å². The molecular weight excluding hydrogens is 314 g/mol. The molecule has 0 saturated carbocycles. The molecule has 0 aliphatic rings. The van der Waals surface area contributed by atoms with Gasteiger partial charge in [0.2, 0.25) is 0 Å². The number of aromatic nitrogens is 2. The van der Waals surface area contributed by atoms with E-state index in [-0.39, 0.29) is 15.5 Å². The van der Waals surface area contributed by atoms with Gasteiger partial charge in [-0.25, -0.2) is 8.42 Å². The number of sulfonamides is 1. The van der Waals surface area contributed by atoms with Gasteiger partial charge in [0, 0.05) is 24.5 Å². The van der Waals surface area contributed by atoms with Crippen molar-refractivity contribution in [2.75, 3.05) is 4.72 Å². The van der Waals surface area contributed by atoms with E-state index < -0.39 is 14.9 Å². The van der Waals surface area contributed by atoms with Gasteiger partial charge >= 0.3 is 4.87 Å². The summed E-state index contributed by atoms with van der Waals surface area (Å²) in [6.45, 7) is 3.94. The second kappa shape index (κ2) is 5.86. The van der Waals surface area contributed by atoms with Gasteiger partial charge in [-0.2, -0.15) is 0 Å². The zero-order valence-corrected chi connectivity index (χ0v) is 13.2. The second-order valence-corrected chi connectivity index (χ2v) is 7.34. The Kier molecular flexibility index (Phi) is 4.33. The lowest BCUT2D eigenvalue weighted by atomic mass is 10.4. The Labute approximate surface area is 125 Å². The summed E-state index contributed by atoms with van der Waals surface area (Å²) in [5.41, 5.74) is 0.380. The molecule has 0 radical (unpaired) electrons. The van der Waals surface area contributed by atoms with Crippen LogP contribution in [0.2, 0.25) is 0 Å². The summed E-state index contributed by atoms with van der Waals surface area (Å²) < 4.78 is 28.2. The maximum Gasteiger partial charge on any atom is 0.306 e. The molecule has 0 atom stereocenters. The van der Waals surface area contributed by atoms with Gasteiger partial charge in [0.15, 0.2) is 4.21 Å². The molecule has 0 amide bonds. The second-order valence-electron chi connectivity index (χ2n) is 4.48. The Bertz CT molecular complexity index is 861. The average Bonchev–Trinajstić information content (AvgIpc) is 2.73. The Hall–Kier alpha value is -1.87. The summed E-state index contributed by atoms with van der Waals surface area (Å²) in [6, 6.07) is 2.71. The summed E-state index contributed by atoms with van der Waals surface area (Å²) in [7, 11) is -3.85. The lowest BCUT2D eigenvalue weighted by Crippen LogP contribution is -2.20. The maximum atomic E-state index is 12.2. The van der Waals surface area contributed by atoms with E-state index >= 15 is 0 Å². The Morgan fingerprint density at radius 3 is 2.62 bits per heavy atom. The highest BCUT2D eigenvalue weighted by Gasteiger charge is 2.20. The Morgan fingerprint density at radius 1 is 1.33 bits per heavy atom. The zero-order valence-electron chi connectivity index (χ0n) is 11.5. The first-order valence-electron chi connectivity index (χ1n) is 6.26. The van der Waals surface area contributed by atoms with E-state index in [0.717, 1.165) is 6.42 Å². The molecule has 0 spiro atoms. The van der Waals surface area contributed by atoms with E-state index in [9.17, 15) is 18.0 Å². The number of nitrogens with one attached hydrogen (secondary N) is 2. The Balaban J connectivity index is 2.37. The topological polar surface area (TPSA) is 101 Å². The van der Waals surface area contributed by atoms with Crippen LogP contribution in [-0.2, 0) is 16.6 Å². The van der Waals surface area contributed by atoms with Gasteiger partial charge in [0.1, 0.15) is 0 Å². The third-order valence-corrected chi connectivity index (χ3v) is 5.71. The van der Waals surface area contributed by atoms with Crippen molar-refractivity contribution < 1.29 is 8.42 Å². The molecular formula is C12H15N3O4S2. The number of rotatable bonds is 5. The van der Waals surface area contributed by atoms with Crippen molar-refractivity contribution in [2.45, 2.75) is 31.0 Å². The van der Waals surface area contributed by atoms with Crippen LogP contribution in [0.3, 0.4) is 0 Å². The highest BCUT2D eigenvalue weighted by atomic mass is 32.2. The fourth-order valence-corrected chi connectivity index (χ4v) is 4.20. The molecule has 2 aromatic heterocycles. The fraction of sp³-hybridized carbons (Fsp3) is 0.333. The molecule has 9 heteroatoms. The largest absolute Gasteiger partial charge is 0.315 e. The minimum absolute atomic E-state index is 0.0549. The first-order valence-corrected chi connectivity index (χ1v) is 8.56. The molecule has 0 unspecified atom stereocenters. The SMILES string of the molecule is CCCn1cc(NS(=O)(=O)c2sc(=O)[nH]c2C)ccc1=O. The highest BCUT2D eigenvalue weighted by molar-refractivity contribution is 7.94. The zero-order chi connectivity index (χ0) is 15.6. The van der Waals surface area contributed by atoms with Crippen LogP contribution in [-0.4, -0.2) is 18.0 Å². The summed E-state index contributed by atoms with van der Waals surface area (Å²) in [5, 5.41) is 0. The molecule has 0 aliphatic carbocycles. The van der Waals surface area contributed by atoms with Crippen LogP contribution >= 0.6 is 11.3 Å². The highest BCUT2D eigenvalue weighted by Crippen LogP contribution is 2.19. The van der Waals surface area contributed by atoms with Gasteiger partial charge in [-0.1, -0.05) is 18.3 Å². The number of hydrogen-bond donors (Lipinski definition) is 2. The normalized spacial score (nSPS) is 11.5. The lowest BCUT2D eigenvalue weighted by Gasteiger charge is -2.09. The maximum absolute atomic E-state index is 12.2. The number of H-pyrrole nitrogens is 1. The molecule has 0 bridgehead atoms. The molecule has 2 N–H and O–H groups in total. The molecule has 0 aliphatic heterocycles. The van der Waals surface area contributed by atoms with Gasteiger partial charge < -0.3 is 9.55 Å². The first-order chi connectivity index (χ1) is 9.83. The number of aromatic amines is 1. The van der Waals surface area contributed by atoms with Crippen molar-refractivity contribution in [1.82, 2.24) is 9.55 Å². The number of aryl methyl sites for hydroxylation is 2. The van der Waals surface area contributed by atoms with Crippen LogP contribution in [0.1, 0.15) is 19.0 Å². The standard InChI is InChI=1S/C12H15N3O4S2/c1-3-6-15-7-9(4-5-10(15)16)14-21(18,19)11-8(2)13-12(17)20-11/h4-5,7,14H,3,6H2,1-2H3,(H,13,17). The van der Waals surface area contributed by atoms with Crippen LogP contribution in [0.25, 0.3) is 0 Å². The van der Waals surface area contributed by atoms with Gasteiger partial charge in [-0.05, 0) is 19.4 Å². The minimum Gasteiger partial charge on any atom is -0.315 e. The Morgan fingerprint density at radius 2 is 2.05 bits per heavy atom. The van der Waals surface area contributed by atoms with Crippen molar-refractivity contribution >= 4 is 27.0 Å². The third-order valence-electron chi connectivity index (χ3n) is 2.73. The summed E-state index contributed by atoms with van der Waals surface area (Å²) in [5.74, 6) is 0. The van der Waals surface area contributed by atoms with Crippen molar-refractivity contribution in [1.29, 1.82) is 0 Å².